The number of hydrogen-bond acceptors (Lipinski definition) is 4. The lowest BCUT2D eigenvalue weighted by Crippen LogP contribution is -2.01. The molecule has 0 fully saturated rings. The quantitative estimate of drug-likeness (QED) is 0.909. The molecule has 0 bridgehead atoms. The molecular formula is C17H22N2O2. The Labute approximate surface area is 125 Å². The second-order valence-corrected chi connectivity index (χ2v) is 5.40. The lowest BCUT2D eigenvalue weighted by molar-refractivity contribution is 0.280. The van der Waals surface area contributed by atoms with E-state index in [0.717, 1.165) is 34.8 Å². The van der Waals surface area contributed by atoms with Crippen LogP contribution in [0, 0.1) is 6.92 Å². The van der Waals surface area contributed by atoms with Gasteiger partial charge in [-0.3, -0.25) is 4.98 Å². The van der Waals surface area contributed by atoms with Crippen LogP contribution in [0.5, 0.6) is 11.6 Å². The maximum Gasteiger partial charge on any atom is 0.219 e. The van der Waals surface area contributed by atoms with Crippen molar-refractivity contribution in [2.75, 3.05) is 0 Å². The van der Waals surface area contributed by atoms with Gasteiger partial charge >= 0.3 is 0 Å². The van der Waals surface area contributed by atoms with E-state index in [4.69, 9.17) is 4.74 Å². The van der Waals surface area contributed by atoms with Crippen LogP contribution in [-0.4, -0.2) is 15.1 Å². The van der Waals surface area contributed by atoms with E-state index in [1.54, 1.807) is 6.07 Å². The molecule has 0 saturated heterocycles. The molecule has 112 valence electrons. The van der Waals surface area contributed by atoms with Crippen LogP contribution in [0.4, 0.5) is 0 Å². The second kappa shape index (κ2) is 6.68. The summed E-state index contributed by atoms with van der Waals surface area (Å²) in [6.45, 7) is 8.12. The number of aryl methyl sites for hydroxylation is 2. The number of nitrogens with zero attached hydrogens (tertiary/aromatic N) is 2. The molecule has 0 unspecified atom stereocenters. The zero-order valence-electron chi connectivity index (χ0n) is 13.1. The van der Waals surface area contributed by atoms with Gasteiger partial charge in [-0.2, -0.15) is 0 Å². The summed E-state index contributed by atoms with van der Waals surface area (Å²) in [5.41, 5.74) is 3.60. The van der Waals surface area contributed by atoms with Crippen LogP contribution in [0.3, 0.4) is 0 Å². The van der Waals surface area contributed by atoms with Crippen LogP contribution in [0.1, 0.15) is 49.3 Å². The molecule has 0 aliphatic carbocycles. The van der Waals surface area contributed by atoms with Crippen LogP contribution < -0.4 is 4.74 Å². The Morgan fingerprint density at radius 2 is 1.95 bits per heavy atom. The monoisotopic (exact) mass is 286 g/mol. The smallest absolute Gasteiger partial charge is 0.219 e. The van der Waals surface area contributed by atoms with Crippen molar-refractivity contribution in [3.63, 3.8) is 0 Å². The van der Waals surface area contributed by atoms with Crippen molar-refractivity contribution in [1.29, 1.82) is 0 Å². The SMILES string of the molecule is CCc1nc(C)ccc1Oc1cc(CO)cc(C(C)C)n1. The third-order valence-corrected chi connectivity index (χ3v) is 3.28. The molecule has 0 aromatic carbocycles. The molecule has 2 aromatic heterocycles. The van der Waals surface area contributed by atoms with E-state index in [9.17, 15) is 5.11 Å². The van der Waals surface area contributed by atoms with Gasteiger partial charge in [-0.1, -0.05) is 20.8 Å². The van der Waals surface area contributed by atoms with Crippen molar-refractivity contribution in [2.24, 2.45) is 0 Å². The molecule has 0 radical (unpaired) electrons. The summed E-state index contributed by atoms with van der Waals surface area (Å²) in [7, 11) is 0. The van der Waals surface area contributed by atoms with Gasteiger partial charge in [0.1, 0.15) is 0 Å². The topological polar surface area (TPSA) is 55.2 Å². The Morgan fingerprint density at radius 3 is 2.57 bits per heavy atom. The summed E-state index contributed by atoms with van der Waals surface area (Å²) in [6, 6.07) is 7.52. The maximum atomic E-state index is 9.38. The molecule has 0 spiro atoms. The third kappa shape index (κ3) is 3.79. The van der Waals surface area contributed by atoms with Gasteiger partial charge in [0, 0.05) is 17.5 Å². The Kier molecular flexibility index (Phi) is 4.91. The fourth-order valence-electron chi connectivity index (χ4n) is 2.08. The van der Waals surface area contributed by atoms with E-state index in [1.165, 1.54) is 0 Å². The highest BCUT2D eigenvalue weighted by Gasteiger charge is 2.10. The Balaban J connectivity index is 2.37. The van der Waals surface area contributed by atoms with Crippen LogP contribution in [0.25, 0.3) is 0 Å². The van der Waals surface area contributed by atoms with Crippen LogP contribution >= 0.6 is 0 Å². The van der Waals surface area contributed by atoms with Gasteiger partial charge in [-0.25, -0.2) is 4.98 Å². The summed E-state index contributed by atoms with van der Waals surface area (Å²) in [6.07, 6.45) is 0.799. The molecule has 0 atom stereocenters. The molecule has 0 amide bonds. The lowest BCUT2D eigenvalue weighted by Gasteiger charge is -2.13. The summed E-state index contributed by atoms with van der Waals surface area (Å²) in [5, 5.41) is 9.38. The van der Waals surface area contributed by atoms with Crippen molar-refractivity contribution >= 4 is 0 Å². The second-order valence-electron chi connectivity index (χ2n) is 5.40. The number of aromatic nitrogens is 2. The van der Waals surface area contributed by atoms with Gasteiger partial charge in [0.25, 0.3) is 0 Å². The number of rotatable bonds is 5. The minimum Gasteiger partial charge on any atom is -0.437 e. The van der Waals surface area contributed by atoms with E-state index in [2.05, 4.69) is 23.8 Å². The Bertz CT molecular complexity index is 624. The van der Waals surface area contributed by atoms with Gasteiger partial charge in [0.15, 0.2) is 5.75 Å². The van der Waals surface area contributed by atoms with Gasteiger partial charge in [-0.15, -0.1) is 0 Å². The normalized spacial score (nSPS) is 11.0. The van der Waals surface area contributed by atoms with E-state index in [1.807, 2.05) is 32.0 Å². The van der Waals surface area contributed by atoms with Crippen LogP contribution in [-0.2, 0) is 13.0 Å². The zero-order chi connectivity index (χ0) is 15.4. The molecular weight excluding hydrogens is 264 g/mol. The summed E-state index contributed by atoms with van der Waals surface area (Å²) >= 11 is 0. The van der Waals surface area contributed by atoms with Crippen LogP contribution in [0.15, 0.2) is 24.3 Å². The Hall–Kier alpha value is -1.94. The molecule has 2 rings (SSSR count). The first-order chi connectivity index (χ1) is 10.0. The lowest BCUT2D eigenvalue weighted by atomic mass is 10.1. The van der Waals surface area contributed by atoms with E-state index in [0.29, 0.717) is 5.88 Å². The largest absolute Gasteiger partial charge is 0.437 e. The molecule has 0 saturated carbocycles. The number of aliphatic hydroxyl groups is 1. The highest BCUT2D eigenvalue weighted by atomic mass is 16.5. The molecule has 21 heavy (non-hydrogen) atoms. The highest BCUT2D eigenvalue weighted by Crippen LogP contribution is 2.26. The Morgan fingerprint density at radius 1 is 1.19 bits per heavy atom. The number of aliphatic hydroxyl groups excluding tert-OH is 1. The van der Waals surface area contributed by atoms with Crippen molar-refractivity contribution in [3.05, 3.63) is 46.9 Å². The molecule has 2 heterocycles. The molecule has 1 N–H and O–H groups in total. The fourth-order valence-corrected chi connectivity index (χ4v) is 2.08. The van der Waals surface area contributed by atoms with Crippen molar-refractivity contribution in [2.45, 2.75) is 46.6 Å². The molecule has 2 aromatic rings. The zero-order valence-corrected chi connectivity index (χ0v) is 13.1. The van der Waals surface area contributed by atoms with E-state index in [-0.39, 0.29) is 12.5 Å². The summed E-state index contributed by atoms with van der Waals surface area (Å²) in [4.78, 5) is 9.00. The molecule has 0 aliphatic heterocycles. The van der Waals surface area contributed by atoms with Gasteiger partial charge < -0.3 is 9.84 Å². The minimum absolute atomic E-state index is 0.0224. The van der Waals surface area contributed by atoms with Crippen molar-refractivity contribution < 1.29 is 9.84 Å². The van der Waals surface area contributed by atoms with Crippen LogP contribution in [0.2, 0.25) is 0 Å². The van der Waals surface area contributed by atoms with Crippen molar-refractivity contribution in [1.82, 2.24) is 9.97 Å². The average Bonchev–Trinajstić information content (AvgIpc) is 2.48. The minimum atomic E-state index is -0.0224. The maximum absolute atomic E-state index is 9.38. The fraction of sp³-hybridized carbons (Fsp3) is 0.412. The average molecular weight is 286 g/mol. The summed E-state index contributed by atoms with van der Waals surface area (Å²) < 4.78 is 5.90. The van der Waals surface area contributed by atoms with Gasteiger partial charge in [0.2, 0.25) is 5.88 Å². The first kappa shape index (κ1) is 15.4. The highest BCUT2D eigenvalue weighted by molar-refractivity contribution is 5.35. The van der Waals surface area contributed by atoms with Gasteiger partial charge in [0.05, 0.1) is 12.3 Å². The third-order valence-electron chi connectivity index (χ3n) is 3.28. The van der Waals surface area contributed by atoms with Gasteiger partial charge in [-0.05, 0) is 43.0 Å². The molecule has 0 aliphatic rings. The number of ether oxygens (including phenoxy) is 1. The first-order valence-corrected chi connectivity index (χ1v) is 7.29. The number of hydrogen-bond donors (Lipinski definition) is 1. The predicted molar refractivity (Wildman–Crippen MR) is 82.7 cm³/mol. The molecule has 4 nitrogen and oxygen atoms in total. The number of pyridine rings is 2. The standard InChI is InChI=1S/C17H22N2O2/c1-5-14-16(7-6-12(4)18-14)21-17-9-13(10-20)8-15(19-17)11(2)3/h6-9,11,20H,5,10H2,1-4H3. The molecule has 4 heteroatoms. The predicted octanol–water partition coefficient (Wildman–Crippen LogP) is 3.76. The van der Waals surface area contributed by atoms with E-state index >= 15 is 0 Å². The van der Waals surface area contributed by atoms with Crippen molar-refractivity contribution in [3.8, 4) is 11.6 Å². The first-order valence-electron chi connectivity index (χ1n) is 7.29. The van der Waals surface area contributed by atoms with E-state index < -0.39 is 0 Å². The summed E-state index contributed by atoms with van der Waals surface area (Å²) in [5.74, 6) is 1.51.